The van der Waals surface area contributed by atoms with Crippen LogP contribution < -0.4 is 10.6 Å². The van der Waals surface area contributed by atoms with E-state index in [0.29, 0.717) is 6.04 Å². The summed E-state index contributed by atoms with van der Waals surface area (Å²) in [6.07, 6.45) is 5.05. The van der Waals surface area contributed by atoms with Crippen molar-refractivity contribution in [3.8, 4) is 0 Å². The first kappa shape index (κ1) is 14.3. The first-order valence-electron chi connectivity index (χ1n) is 7.17. The number of ether oxygens (including phenoxy) is 1. The number of rotatable bonds is 5. The van der Waals surface area contributed by atoms with Crippen LogP contribution in [0.4, 0.5) is 5.82 Å². The molecule has 1 aromatic rings. The lowest BCUT2D eigenvalue weighted by Gasteiger charge is -2.29. The molecule has 4 heteroatoms. The third-order valence-electron chi connectivity index (χ3n) is 4.04. The summed E-state index contributed by atoms with van der Waals surface area (Å²) in [6, 6.07) is 4.73. The molecule has 2 rings (SSSR count). The molecule has 1 aliphatic rings. The van der Waals surface area contributed by atoms with Crippen molar-refractivity contribution in [1.29, 1.82) is 0 Å². The zero-order valence-electron chi connectivity index (χ0n) is 12.2. The summed E-state index contributed by atoms with van der Waals surface area (Å²) in [4.78, 5) is 6.82. The molecule has 2 heterocycles. The van der Waals surface area contributed by atoms with Gasteiger partial charge in [-0.05, 0) is 37.8 Å². The van der Waals surface area contributed by atoms with Gasteiger partial charge in [0.15, 0.2) is 0 Å². The van der Waals surface area contributed by atoms with Crippen LogP contribution in [0.15, 0.2) is 18.3 Å². The maximum Gasteiger partial charge on any atom is 0.131 e. The lowest BCUT2D eigenvalue weighted by atomic mass is 10.0. The van der Waals surface area contributed by atoms with Crippen LogP contribution in [0.1, 0.15) is 32.3 Å². The van der Waals surface area contributed by atoms with E-state index in [2.05, 4.69) is 36.8 Å². The van der Waals surface area contributed by atoms with Crippen molar-refractivity contribution in [2.75, 3.05) is 18.6 Å². The Balaban J connectivity index is 2.18. The zero-order valence-corrected chi connectivity index (χ0v) is 12.2. The third kappa shape index (κ3) is 3.25. The fourth-order valence-electron chi connectivity index (χ4n) is 2.72. The Morgan fingerprint density at radius 2 is 2.37 bits per heavy atom. The van der Waals surface area contributed by atoms with Gasteiger partial charge in [0.2, 0.25) is 0 Å². The first-order valence-corrected chi connectivity index (χ1v) is 7.17. The second-order valence-corrected chi connectivity index (χ2v) is 5.40. The molecule has 1 saturated heterocycles. The number of pyridine rings is 1. The maximum atomic E-state index is 6.08. The van der Waals surface area contributed by atoms with E-state index >= 15 is 0 Å². The average molecular weight is 263 g/mol. The minimum absolute atomic E-state index is 0.202. The number of hydrogen-bond acceptors (Lipinski definition) is 4. The highest BCUT2D eigenvalue weighted by atomic mass is 16.5. The number of likely N-dealkylation sites (N-methyl/N-ethyl adjacent to an activating group) is 1. The van der Waals surface area contributed by atoms with Gasteiger partial charge >= 0.3 is 0 Å². The van der Waals surface area contributed by atoms with Crippen LogP contribution in [0.25, 0.3) is 0 Å². The molecular formula is C15H25N3O. The molecule has 3 unspecified atom stereocenters. The van der Waals surface area contributed by atoms with Crippen molar-refractivity contribution in [1.82, 2.24) is 4.98 Å². The quantitative estimate of drug-likeness (QED) is 0.882. The van der Waals surface area contributed by atoms with Gasteiger partial charge in [-0.3, -0.25) is 0 Å². The van der Waals surface area contributed by atoms with Crippen LogP contribution in [0.2, 0.25) is 0 Å². The van der Waals surface area contributed by atoms with Crippen molar-refractivity contribution in [3.63, 3.8) is 0 Å². The van der Waals surface area contributed by atoms with Crippen molar-refractivity contribution < 1.29 is 4.74 Å². The van der Waals surface area contributed by atoms with Gasteiger partial charge in [-0.2, -0.15) is 0 Å². The van der Waals surface area contributed by atoms with Gasteiger partial charge in [0.1, 0.15) is 5.82 Å². The highest BCUT2D eigenvalue weighted by molar-refractivity contribution is 5.47. The molecule has 1 fully saturated rings. The van der Waals surface area contributed by atoms with Gasteiger partial charge in [0.05, 0.1) is 12.1 Å². The lowest BCUT2D eigenvalue weighted by Crippen LogP contribution is -2.38. The highest BCUT2D eigenvalue weighted by Crippen LogP contribution is 2.26. The van der Waals surface area contributed by atoms with Crippen molar-refractivity contribution in [2.24, 2.45) is 5.73 Å². The predicted octanol–water partition coefficient (Wildman–Crippen LogP) is 1.97. The van der Waals surface area contributed by atoms with E-state index in [1.165, 1.54) is 5.56 Å². The summed E-state index contributed by atoms with van der Waals surface area (Å²) in [6.45, 7) is 5.10. The van der Waals surface area contributed by atoms with Gasteiger partial charge in [-0.1, -0.05) is 13.0 Å². The Hall–Kier alpha value is -1.13. The van der Waals surface area contributed by atoms with E-state index in [0.717, 1.165) is 31.7 Å². The molecule has 0 bridgehead atoms. The summed E-state index contributed by atoms with van der Waals surface area (Å²) in [5.74, 6) is 1.05. The van der Waals surface area contributed by atoms with Crippen LogP contribution in [0.3, 0.4) is 0 Å². The fourth-order valence-corrected chi connectivity index (χ4v) is 2.72. The largest absolute Gasteiger partial charge is 0.376 e. The van der Waals surface area contributed by atoms with Crippen molar-refractivity contribution >= 4 is 5.82 Å². The van der Waals surface area contributed by atoms with Gasteiger partial charge in [0, 0.05) is 25.9 Å². The first-order chi connectivity index (χ1) is 9.13. The molecule has 0 aromatic carbocycles. The molecule has 3 atom stereocenters. The second-order valence-electron chi connectivity index (χ2n) is 5.40. The molecular weight excluding hydrogens is 238 g/mol. The van der Waals surface area contributed by atoms with Crippen LogP contribution in [-0.4, -0.2) is 36.8 Å². The SMILES string of the molecule is CCC(N)Cc1cccnc1N(C)C1CCOC1C. The fraction of sp³-hybridized carbons (Fsp3) is 0.667. The molecule has 0 saturated carbocycles. The average Bonchev–Trinajstić information content (AvgIpc) is 2.84. The molecule has 19 heavy (non-hydrogen) atoms. The van der Waals surface area contributed by atoms with E-state index in [9.17, 15) is 0 Å². The smallest absolute Gasteiger partial charge is 0.131 e. The Morgan fingerprint density at radius 1 is 1.58 bits per heavy atom. The van der Waals surface area contributed by atoms with Gasteiger partial charge in [-0.15, -0.1) is 0 Å². The van der Waals surface area contributed by atoms with Crippen LogP contribution in [0, 0.1) is 0 Å². The minimum Gasteiger partial charge on any atom is -0.376 e. The summed E-state index contributed by atoms with van der Waals surface area (Å²) < 4.78 is 5.66. The monoisotopic (exact) mass is 263 g/mol. The normalized spacial score (nSPS) is 24.4. The van der Waals surface area contributed by atoms with Gasteiger partial charge in [0.25, 0.3) is 0 Å². The molecule has 0 aliphatic carbocycles. The molecule has 0 spiro atoms. The van der Waals surface area contributed by atoms with Crippen LogP contribution >= 0.6 is 0 Å². The Morgan fingerprint density at radius 3 is 3.00 bits per heavy atom. The summed E-state index contributed by atoms with van der Waals surface area (Å²) in [7, 11) is 2.11. The number of nitrogens with two attached hydrogens (primary N) is 1. The summed E-state index contributed by atoms with van der Waals surface area (Å²) >= 11 is 0. The second kappa shape index (κ2) is 6.35. The van der Waals surface area contributed by atoms with E-state index in [-0.39, 0.29) is 12.1 Å². The Labute approximate surface area is 116 Å². The summed E-state index contributed by atoms with van der Waals surface area (Å²) in [5.41, 5.74) is 7.32. The number of hydrogen-bond donors (Lipinski definition) is 1. The standard InChI is InChI=1S/C15H25N3O/c1-4-13(16)10-12-6-5-8-17-15(12)18(3)14-7-9-19-11(14)2/h5-6,8,11,13-14H,4,7,9-10,16H2,1-3H3. The molecule has 0 amide bonds. The van der Waals surface area contributed by atoms with E-state index in [1.54, 1.807) is 0 Å². The number of anilines is 1. The molecule has 1 aliphatic heterocycles. The van der Waals surface area contributed by atoms with E-state index in [1.807, 2.05) is 12.3 Å². The molecule has 0 radical (unpaired) electrons. The lowest BCUT2D eigenvalue weighted by molar-refractivity contribution is 0.118. The Bertz CT molecular complexity index is 410. The van der Waals surface area contributed by atoms with Gasteiger partial charge < -0.3 is 15.4 Å². The maximum absolute atomic E-state index is 6.08. The molecule has 4 nitrogen and oxygen atoms in total. The number of aromatic nitrogens is 1. The van der Waals surface area contributed by atoms with Crippen LogP contribution in [0.5, 0.6) is 0 Å². The zero-order chi connectivity index (χ0) is 13.8. The molecule has 2 N–H and O–H groups in total. The van der Waals surface area contributed by atoms with Crippen LogP contribution in [-0.2, 0) is 11.2 Å². The number of nitrogens with zero attached hydrogens (tertiary/aromatic N) is 2. The Kier molecular flexibility index (Phi) is 4.77. The minimum atomic E-state index is 0.202. The third-order valence-corrected chi connectivity index (χ3v) is 4.04. The molecule has 1 aromatic heterocycles. The van der Waals surface area contributed by atoms with E-state index in [4.69, 9.17) is 10.5 Å². The topological polar surface area (TPSA) is 51.4 Å². The highest BCUT2D eigenvalue weighted by Gasteiger charge is 2.29. The van der Waals surface area contributed by atoms with Gasteiger partial charge in [-0.25, -0.2) is 4.98 Å². The van der Waals surface area contributed by atoms with Crippen molar-refractivity contribution in [2.45, 2.75) is 51.3 Å². The predicted molar refractivity (Wildman–Crippen MR) is 78.4 cm³/mol. The van der Waals surface area contributed by atoms with Crippen molar-refractivity contribution in [3.05, 3.63) is 23.9 Å². The van der Waals surface area contributed by atoms with E-state index < -0.39 is 0 Å². The summed E-state index contributed by atoms with van der Waals surface area (Å²) in [5, 5.41) is 0. The molecule has 106 valence electrons.